The summed E-state index contributed by atoms with van der Waals surface area (Å²) in [7, 11) is 0. The van der Waals surface area contributed by atoms with Crippen LogP contribution in [0.3, 0.4) is 0 Å². The van der Waals surface area contributed by atoms with Gasteiger partial charge in [0.1, 0.15) is 6.26 Å². The van der Waals surface area contributed by atoms with Crippen LogP contribution in [0.2, 0.25) is 0 Å². The highest BCUT2D eigenvalue weighted by atomic mass is 16.4. The predicted octanol–water partition coefficient (Wildman–Crippen LogP) is 0.344. The van der Waals surface area contributed by atoms with Crippen molar-refractivity contribution in [2.24, 2.45) is 0 Å². The summed E-state index contributed by atoms with van der Waals surface area (Å²) in [6.45, 7) is 3.54. The number of nitrogens with one attached hydrogen (secondary N) is 1. The van der Waals surface area contributed by atoms with Crippen molar-refractivity contribution in [2.45, 2.75) is 6.42 Å². The van der Waals surface area contributed by atoms with Crippen molar-refractivity contribution in [1.82, 2.24) is 4.98 Å². The first kappa shape index (κ1) is 5.15. The zero-order valence-electron chi connectivity index (χ0n) is 4.31. The first-order valence-corrected chi connectivity index (χ1v) is 2.29. The highest BCUT2D eigenvalue weighted by Gasteiger charge is 1.90. The smallest absolute Gasteiger partial charge is 0.416 e. The molecule has 0 aliphatic carbocycles. The molecular weight excluding hydrogens is 106 g/mol. The van der Waals surface area contributed by atoms with Gasteiger partial charge in [0.25, 0.3) is 0 Å². The monoisotopic (exact) mass is 112 g/mol. The summed E-state index contributed by atoms with van der Waals surface area (Å²) in [5.41, 5.74) is 0.731. The summed E-state index contributed by atoms with van der Waals surface area (Å²) in [6.07, 6.45) is 1.93. The standard InChI is InChI=1S/C5H6NO2/c1-2-4-3-8-5(7)6-4/h3H,1-2H2,(H,6,7). The quantitative estimate of drug-likeness (QED) is 0.569. The molecule has 3 nitrogen and oxygen atoms in total. The van der Waals surface area contributed by atoms with E-state index in [1.165, 1.54) is 6.26 Å². The van der Waals surface area contributed by atoms with Crippen LogP contribution in [0.15, 0.2) is 15.5 Å². The molecule has 0 spiro atoms. The van der Waals surface area contributed by atoms with Gasteiger partial charge in [0.15, 0.2) is 0 Å². The summed E-state index contributed by atoms with van der Waals surface area (Å²) in [5.74, 6) is -0.413. The molecule has 1 radical (unpaired) electrons. The Hall–Kier alpha value is -0.990. The van der Waals surface area contributed by atoms with E-state index in [1.807, 2.05) is 0 Å². The van der Waals surface area contributed by atoms with E-state index in [2.05, 4.69) is 16.3 Å². The fourth-order valence-electron chi connectivity index (χ4n) is 0.436. The molecule has 1 N–H and O–H groups in total. The highest BCUT2D eigenvalue weighted by molar-refractivity contribution is 4.91. The minimum atomic E-state index is -0.413. The van der Waals surface area contributed by atoms with Crippen LogP contribution in [0.1, 0.15) is 5.69 Å². The van der Waals surface area contributed by atoms with Crippen molar-refractivity contribution in [3.8, 4) is 0 Å². The zero-order valence-corrected chi connectivity index (χ0v) is 4.31. The van der Waals surface area contributed by atoms with Crippen molar-refractivity contribution < 1.29 is 4.42 Å². The summed E-state index contributed by atoms with van der Waals surface area (Å²) in [6, 6.07) is 0. The van der Waals surface area contributed by atoms with Crippen molar-refractivity contribution in [1.29, 1.82) is 0 Å². The molecule has 43 valence electrons. The lowest BCUT2D eigenvalue weighted by molar-refractivity contribution is 0.514. The largest absolute Gasteiger partial charge is 0.416 e. The van der Waals surface area contributed by atoms with Crippen molar-refractivity contribution in [2.75, 3.05) is 0 Å². The highest BCUT2D eigenvalue weighted by Crippen LogP contribution is 1.87. The maximum atomic E-state index is 10.2. The average Bonchev–Trinajstić information content (AvgIpc) is 2.14. The zero-order chi connectivity index (χ0) is 5.98. The Balaban J connectivity index is 3.01. The Labute approximate surface area is 46.3 Å². The van der Waals surface area contributed by atoms with Gasteiger partial charge in [-0.05, 0) is 13.3 Å². The van der Waals surface area contributed by atoms with Gasteiger partial charge in [0.05, 0.1) is 5.69 Å². The first-order chi connectivity index (χ1) is 3.83. The van der Waals surface area contributed by atoms with E-state index < -0.39 is 5.76 Å². The second-order valence-electron chi connectivity index (χ2n) is 1.42. The molecule has 0 bridgehead atoms. The van der Waals surface area contributed by atoms with Crippen LogP contribution in [-0.4, -0.2) is 4.98 Å². The van der Waals surface area contributed by atoms with Crippen LogP contribution < -0.4 is 5.76 Å². The van der Waals surface area contributed by atoms with Gasteiger partial charge < -0.3 is 4.42 Å². The van der Waals surface area contributed by atoms with Gasteiger partial charge in [-0.15, -0.1) is 0 Å². The third-order valence-electron chi connectivity index (χ3n) is 0.840. The number of rotatable bonds is 1. The number of aromatic nitrogens is 1. The number of hydrogen-bond donors (Lipinski definition) is 1. The molecule has 0 saturated carbocycles. The Morgan fingerprint density at radius 1 is 1.88 bits per heavy atom. The second-order valence-corrected chi connectivity index (χ2v) is 1.42. The molecule has 1 aromatic rings. The van der Waals surface area contributed by atoms with Crippen LogP contribution in [-0.2, 0) is 6.42 Å². The number of hydrogen-bond acceptors (Lipinski definition) is 2. The molecule has 1 heterocycles. The van der Waals surface area contributed by atoms with Gasteiger partial charge in [0, 0.05) is 0 Å². The van der Waals surface area contributed by atoms with Crippen LogP contribution in [0.4, 0.5) is 0 Å². The van der Waals surface area contributed by atoms with Crippen molar-refractivity contribution >= 4 is 0 Å². The second kappa shape index (κ2) is 1.86. The van der Waals surface area contributed by atoms with Gasteiger partial charge in [-0.3, -0.25) is 4.98 Å². The molecule has 0 aliphatic heterocycles. The summed E-state index contributed by atoms with van der Waals surface area (Å²) >= 11 is 0. The molecule has 3 heteroatoms. The minimum absolute atomic E-state index is 0.413. The molecule has 0 aliphatic rings. The molecule has 0 fully saturated rings. The maximum absolute atomic E-state index is 10.2. The lowest BCUT2D eigenvalue weighted by Gasteiger charge is -1.76. The summed E-state index contributed by atoms with van der Waals surface area (Å²) < 4.78 is 4.40. The van der Waals surface area contributed by atoms with E-state index >= 15 is 0 Å². The predicted molar refractivity (Wildman–Crippen MR) is 28.4 cm³/mol. The van der Waals surface area contributed by atoms with E-state index in [0.29, 0.717) is 6.42 Å². The third kappa shape index (κ3) is 0.804. The van der Waals surface area contributed by atoms with Crippen LogP contribution in [0.5, 0.6) is 0 Å². The van der Waals surface area contributed by atoms with Crippen LogP contribution in [0, 0.1) is 6.92 Å². The van der Waals surface area contributed by atoms with E-state index in [-0.39, 0.29) is 0 Å². The third-order valence-corrected chi connectivity index (χ3v) is 0.840. The van der Waals surface area contributed by atoms with Gasteiger partial charge in [-0.1, -0.05) is 0 Å². The number of H-pyrrole nitrogens is 1. The first-order valence-electron chi connectivity index (χ1n) is 2.29. The molecule has 1 aromatic heterocycles. The lowest BCUT2D eigenvalue weighted by atomic mass is 10.4. The molecule has 0 saturated heterocycles. The Kier molecular flexibility index (Phi) is 1.20. The Morgan fingerprint density at radius 3 is 2.88 bits per heavy atom. The number of aromatic amines is 1. The molecule has 0 aromatic carbocycles. The molecule has 0 amide bonds. The average molecular weight is 112 g/mol. The minimum Gasteiger partial charge on any atom is -0.416 e. The molecule has 0 atom stereocenters. The fourth-order valence-corrected chi connectivity index (χ4v) is 0.436. The molecule has 1 rings (SSSR count). The molecule has 0 unspecified atom stereocenters. The summed E-state index contributed by atoms with van der Waals surface area (Å²) in [5, 5.41) is 0. The Morgan fingerprint density at radius 2 is 2.62 bits per heavy atom. The number of oxazole rings is 1. The van der Waals surface area contributed by atoms with E-state index in [1.54, 1.807) is 0 Å². The normalized spacial score (nSPS) is 9.62. The lowest BCUT2D eigenvalue weighted by Crippen LogP contribution is -1.95. The molecule has 8 heavy (non-hydrogen) atoms. The fraction of sp³-hybridized carbons (Fsp3) is 0.200. The molecular formula is C5H6NO2. The van der Waals surface area contributed by atoms with Crippen LogP contribution >= 0.6 is 0 Å². The van der Waals surface area contributed by atoms with E-state index in [9.17, 15) is 4.79 Å². The van der Waals surface area contributed by atoms with Gasteiger partial charge in [-0.25, -0.2) is 4.79 Å². The summed E-state index contributed by atoms with van der Waals surface area (Å²) in [4.78, 5) is 12.6. The van der Waals surface area contributed by atoms with Gasteiger partial charge in [-0.2, -0.15) is 0 Å². The van der Waals surface area contributed by atoms with Crippen molar-refractivity contribution in [3.05, 3.63) is 29.4 Å². The topological polar surface area (TPSA) is 46.0 Å². The Bertz CT molecular complexity index is 210. The van der Waals surface area contributed by atoms with Gasteiger partial charge in [0.2, 0.25) is 0 Å². The maximum Gasteiger partial charge on any atom is 0.416 e. The van der Waals surface area contributed by atoms with E-state index in [0.717, 1.165) is 5.69 Å². The van der Waals surface area contributed by atoms with E-state index in [4.69, 9.17) is 0 Å². The van der Waals surface area contributed by atoms with Gasteiger partial charge >= 0.3 is 5.76 Å². The van der Waals surface area contributed by atoms with Crippen molar-refractivity contribution in [3.63, 3.8) is 0 Å². The van der Waals surface area contributed by atoms with Crippen LogP contribution in [0.25, 0.3) is 0 Å². The SMILES string of the molecule is [CH2]Cc1coc(=O)[nH]1.